The Morgan fingerprint density at radius 1 is 0.958 bits per heavy atom. The fourth-order valence-electron chi connectivity index (χ4n) is 2.78. The molecule has 0 spiro atoms. The Labute approximate surface area is 149 Å². The van der Waals surface area contributed by atoms with E-state index in [0.717, 1.165) is 12.8 Å². The first kappa shape index (κ1) is 23.2. The van der Waals surface area contributed by atoms with E-state index in [-0.39, 0.29) is 24.6 Å². The van der Waals surface area contributed by atoms with Crippen LogP contribution in [0.2, 0.25) is 0 Å². The molecule has 0 bridgehead atoms. The van der Waals surface area contributed by atoms with E-state index >= 15 is 0 Å². The fraction of sp³-hybridized carbons (Fsp3) is 0.857. The highest BCUT2D eigenvalue weighted by molar-refractivity contribution is 5.86. The van der Waals surface area contributed by atoms with Gasteiger partial charge in [-0.2, -0.15) is 0 Å². The van der Waals surface area contributed by atoms with Gasteiger partial charge < -0.3 is 9.84 Å². The number of unbranched alkanes of at least 4 members (excludes halogenated alkanes) is 10. The van der Waals surface area contributed by atoms with Crippen molar-refractivity contribution in [3.8, 4) is 0 Å². The van der Waals surface area contributed by atoms with E-state index < -0.39 is 0 Å². The third-order valence-electron chi connectivity index (χ3n) is 4.67. The van der Waals surface area contributed by atoms with Crippen molar-refractivity contribution in [3.63, 3.8) is 0 Å². The minimum absolute atomic E-state index is 0.0498. The molecule has 0 aliphatic heterocycles. The third kappa shape index (κ3) is 12.6. The Bertz CT molecular complexity index is 338. The highest BCUT2D eigenvalue weighted by Crippen LogP contribution is 2.25. The van der Waals surface area contributed by atoms with Gasteiger partial charge >= 0.3 is 5.97 Å². The quantitative estimate of drug-likeness (QED) is 0.219. The number of hydrogen-bond donors (Lipinski definition) is 1. The first-order valence-electron chi connectivity index (χ1n) is 9.88. The first-order valence-corrected chi connectivity index (χ1v) is 9.88. The molecule has 0 aromatic rings. The topological polar surface area (TPSA) is 46.5 Å². The van der Waals surface area contributed by atoms with Crippen LogP contribution in [0.15, 0.2) is 12.2 Å². The molecule has 0 aliphatic rings. The molecule has 0 amide bonds. The molecule has 142 valence electrons. The van der Waals surface area contributed by atoms with E-state index in [1.54, 1.807) is 6.92 Å². The summed E-state index contributed by atoms with van der Waals surface area (Å²) < 4.78 is 5.21. The summed E-state index contributed by atoms with van der Waals surface area (Å²) in [4.78, 5) is 11.5. The predicted molar refractivity (Wildman–Crippen MR) is 102 cm³/mol. The fourth-order valence-corrected chi connectivity index (χ4v) is 2.78. The number of carbonyl (C=O) groups is 1. The molecule has 0 aliphatic carbocycles. The Morgan fingerprint density at radius 3 is 1.83 bits per heavy atom. The maximum atomic E-state index is 11.5. The van der Waals surface area contributed by atoms with Crippen LogP contribution in [-0.2, 0) is 9.53 Å². The van der Waals surface area contributed by atoms with Crippen molar-refractivity contribution in [1.29, 1.82) is 0 Å². The standard InChI is InChI=1S/C21H40O3/c1-5-6-7-8-9-10-11-12-13-14-15-16-21(4,17-22)18-24-20(23)19(2)3/h22H,2,5-18H2,1,3-4H3. The highest BCUT2D eigenvalue weighted by atomic mass is 16.5. The van der Waals surface area contributed by atoms with Gasteiger partial charge in [0.2, 0.25) is 0 Å². The molecule has 0 heterocycles. The normalized spacial score (nSPS) is 13.5. The Kier molecular flexibility index (Phi) is 14.0. The SMILES string of the molecule is C=C(C)C(=O)OCC(C)(CO)CCCCCCCCCCCCC. The van der Waals surface area contributed by atoms with E-state index in [1.807, 2.05) is 6.92 Å². The monoisotopic (exact) mass is 340 g/mol. The summed E-state index contributed by atoms with van der Waals surface area (Å²) in [7, 11) is 0. The van der Waals surface area contributed by atoms with Crippen molar-refractivity contribution >= 4 is 5.97 Å². The highest BCUT2D eigenvalue weighted by Gasteiger charge is 2.25. The molecule has 0 saturated carbocycles. The van der Waals surface area contributed by atoms with Crippen LogP contribution in [0.5, 0.6) is 0 Å². The minimum Gasteiger partial charge on any atom is -0.462 e. The molecular weight excluding hydrogens is 300 g/mol. The Hall–Kier alpha value is -0.830. The van der Waals surface area contributed by atoms with Crippen LogP contribution in [0, 0.1) is 5.41 Å². The van der Waals surface area contributed by atoms with Crippen LogP contribution in [0.4, 0.5) is 0 Å². The number of hydrogen-bond acceptors (Lipinski definition) is 3. The van der Waals surface area contributed by atoms with E-state index in [2.05, 4.69) is 13.5 Å². The minimum atomic E-state index is -0.367. The van der Waals surface area contributed by atoms with Gasteiger partial charge in [0.1, 0.15) is 0 Å². The molecule has 1 unspecified atom stereocenters. The van der Waals surface area contributed by atoms with Gasteiger partial charge in [-0.3, -0.25) is 0 Å². The van der Waals surface area contributed by atoms with Crippen molar-refractivity contribution in [2.45, 2.75) is 97.8 Å². The summed E-state index contributed by atoms with van der Waals surface area (Å²) in [6.07, 6.45) is 15.3. The van der Waals surface area contributed by atoms with E-state index in [1.165, 1.54) is 64.2 Å². The summed E-state index contributed by atoms with van der Waals surface area (Å²) >= 11 is 0. The molecule has 1 N–H and O–H groups in total. The zero-order valence-electron chi connectivity index (χ0n) is 16.4. The molecular formula is C21H40O3. The van der Waals surface area contributed by atoms with Crippen molar-refractivity contribution in [2.24, 2.45) is 5.41 Å². The molecule has 0 saturated heterocycles. The number of aliphatic hydroxyl groups excluding tert-OH is 1. The van der Waals surface area contributed by atoms with Gasteiger partial charge in [-0.05, 0) is 13.3 Å². The lowest BCUT2D eigenvalue weighted by Crippen LogP contribution is -2.29. The number of esters is 1. The summed E-state index contributed by atoms with van der Waals surface area (Å²) in [6, 6.07) is 0. The van der Waals surface area contributed by atoms with Crippen LogP contribution in [0.3, 0.4) is 0 Å². The first-order chi connectivity index (χ1) is 11.4. The van der Waals surface area contributed by atoms with Crippen molar-refractivity contribution in [2.75, 3.05) is 13.2 Å². The van der Waals surface area contributed by atoms with E-state index in [4.69, 9.17) is 4.74 Å². The van der Waals surface area contributed by atoms with Gasteiger partial charge in [-0.25, -0.2) is 4.79 Å². The van der Waals surface area contributed by atoms with E-state index in [9.17, 15) is 9.90 Å². The van der Waals surface area contributed by atoms with E-state index in [0.29, 0.717) is 5.57 Å². The smallest absolute Gasteiger partial charge is 0.333 e. The molecule has 0 aromatic heterocycles. The van der Waals surface area contributed by atoms with Gasteiger partial charge in [-0.1, -0.05) is 91.1 Å². The average Bonchev–Trinajstić information content (AvgIpc) is 2.57. The molecule has 0 radical (unpaired) electrons. The molecule has 0 aromatic carbocycles. The molecule has 3 nitrogen and oxygen atoms in total. The van der Waals surface area contributed by atoms with Crippen molar-refractivity contribution < 1.29 is 14.6 Å². The summed E-state index contributed by atoms with van der Waals surface area (Å²) in [5.41, 5.74) is 0.0784. The van der Waals surface area contributed by atoms with Gasteiger partial charge in [0, 0.05) is 11.0 Å². The molecule has 24 heavy (non-hydrogen) atoms. The summed E-state index contributed by atoms with van der Waals surface area (Å²) in [6.45, 7) is 9.78. The average molecular weight is 341 g/mol. The summed E-state index contributed by atoms with van der Waals surface area (Å²) in [5.74, 6) is -0.367. The largest absolute Gasteiger partial charge is 0.462 e. The van der Waals surface area contributed by atoms with Gasteiger partial charge in [-0.15, -0.1) is 0 Å². The number of aliphatic hydroxyl groups is 1. The van der Waals surface area contributed by atoms with Gasteiger partial charge in [0.25, 0.3) is 0 Å². The lowest BCUT2D eigenvalue weighted by Gasteiger charge is -2.26. The van der Waals surface area contributed by atoms with Crippen molar-refractivity contribution in [3.05, 3.63) is 12.2 Å². The number of ether oxygens (including phenoxy) is 1. The zero-order chi connectivity index (χ0) is 18.3. The Morgan fingerprint density at radius 2 is 1.42 bits per heavy atom. The van der Waals surface area contributed by atoms with Crippen LogP contribution in [-0.4, -0.2) is 24.3 Å². The summed E-state index contributed by atoms with van der Waals surface area (Å²) in [5, 5.41) is 9.58. The Balaban J connectivity index is 3.61. The van der Waals surface area contributed by atoms with Crippen molar-refractivity contribution in [1.82, 2.24) is 0 Å². The van der Waals surface area contributed by atoms with Crippen LogP contribution in [0.25, 0.3) is 0 Å². The molecule has 3 heteroatoms. The second-order valence-corrected chi connectivity index (χ2v) is 7.61. The predicted octanol–water partition coefficient (Wildman–Crippen LogP) is 5.81. The van der Waals surface area contributed by atoms with Gasteiger partial charge in [0.05, 0.1) is 13.2 Å². The van der Waals surface area contributed by atoms with Crippen LogP contribution in [0.1, 0.15) is 97.8 Å². The zero-order valence-corrected chi connectivity index (χ0v) is 16.4. The van der Waals surface area contributed by atoms with Gasteiger partial charge in [0.15, 0.2) is 0 Å². The maximum absolute atomic E-state index is 11.5. The molecule has 0 rings (SSSR count). The third-order valence-corrected chi connectivity index (χ3v) is 4.67. The second kappa shape index (κ2) is 14.5. The van der Waals surface area contributed by atoms with Crippen LogP contribution >= 0.6 is 0 Å². The maximum Gasteiger partial charge on any atom is 0.333 e. The number of rotatable bonds is 16. The molecule has 0 fully saturated rings. The number of carbonyl (C=O) groups excluding carboxylic acids is 1. The molecule has 1 atom stereocenters. The second-order valence-electron chi connectivity index (χ2n) is 7.61. The lowest BCUT2D eigenvalue weighted by atomic mass is 9.86. The van der Waals surface area contributed by atoms with Crippen LogP contribution < -0.4 is 0 Å². The lowest BCUT2D eigenvalue weighted by molar-refractivity contribution is -0.143.